The summed E-state index contributed by atoms with van der Waals surface area (Å²) >= 11 is 0. The van der Waals surface area contributed by atoms with Gasteiger partial charge in [-0.1, -0.05) is 96.8 Å². The number of nitrogens with one attached hydrogen (secondary N) is 1. The third-order valence-electron chi connectivity index (χ3n) is 4.42. The Bertz CT molecular complexity index is 192. The molecule has 0 rings (SSSR count). The molecule has 0 saturated carbocycles. The average Bonchev–Trinajstić information content (AvgIpc) is 2.50. The molecule has 1 atom stereocenters. The van der Waals surface area contributed by atoms with Gasteiger partial charge in [-0.25, -0.2) is 0 Å². The Morgan fingerprint density at radius 1 is 0.636 bits per heavy atom. The van der Waals surface area contributed by atoms with Crippen molar-refractivity contribution in [1.29, 1.82) is 0 Å². The van der Waals surface area contributed by atoms with Crippen LogP contribution < -0.4 is 11.1 Å². The maximum atomic E-state index is 5.70. The maximum Gasteiger partial charge on any atom is 0.0136 e. The highest BCUT2D eigenvalue weighted by molar-refractivity contribution is 4.57. The lowest BCUT2D eigenvalue weighted by molar-refractivity contribution is 0.523. The highest BCUT2D eigenvalue weighted by Gasteiger charge is 1.95. The number of nitrogens with two attached hydrogens (primary N) is 1. The molecule has 1 unspecified atom stereocenters. The summed E-state index contributed by atoms with van der Waals surface area (Å²) in [6, 6.07) is 0.288. The topological polar surface area (TPSA) is 38.0 Å². The Hall–Kier alpha value is -0.0800. The van der Waals surface area contributed by atoms with Crippen LogP contribution in [0.3, 0.4) is 0 Å². The van der Waals surface area contributed by atoms with E-state index in [0.29, 0.717) is 0 Å². The molecule has 22 heavy (non-hydrogen) atoms. The van der Waals surface area contributed by atoms with Gasteiger partial charge < -0.3 is 11.1 Å². The molecule has 3 N–H and O–H groups in total. The zero-order valence-corrected chi connectivity index (χ0v) is 15.7. The third kappa shape index (κ3) is 19.9. The summed E-state index contributed by atoms with van der Waals surface area (Å²) in [5.41, 5.74) is 5.70. The lowest BCUT2D eigenvalue weighted by Crippen LogP contribution is -2.31. The summed E-state index contributed by atoms with van der Waals surface area (Å²) in [7, 11) is 0. The van der Waals surface area contributed by atoms with Gasteiger partial charge in [0.25, 0.3) is 0 Å². The Morgan fingerprint density at radius 3 is 1.36 bits per heavy atom. The molecule has 0 aromatic rings. The van der Waals surface area contributed by atoms with Crippen LogP contribution in [0.25, 0.3) is 0 Å². The third-order valence-corrected chi connectivity index (χ3v) is 4.42. The zero-order chi connectivity index (χ0) is 16.3. The van der Waals surface area contributed by atoms with E-state index in [2.05, 4.69) is 19.2 Å². The molecule has 2 nitrogen and oxygen atoms in total. The number of rotatable bonds is 18. The Labute approximate surface area is 141 Å². The zero-order valence-electron chi connectivity index (χ0n) is 15.7. The fourth-order valence-corrected chi connectivity index (χ4v) is 2.95. The van der Waals surface area contributed by atoms with Crippen LogP contribution in [0.2, 0.25) is 0 Å². The number of unbranched alkanes of at least 4 members (excludes halogenated alkanes) is 14. The largest absolute Gasteiger partial charge is 0.327 e. The van der Waals surface area contributed by atoms with E-state index in [0.717, 1.165) is 13.1 Å². The summed E-state index contributed by atoms with van der Waals surface area (Å²) in [4.78, 5) is 0. The minimum absolute atomic E-state index is 0.288. The van der Waals surface area contributed by atoms with Gasteiger partial charge in [0.1, 0.15) is 0 Å². The minimum atomic E-state index is 0.288. The van der Waals surface area contributed by atoms with Crippen molar-refractivity contribution in [3.63, 3.8) is 0 Å². The second kappa shape index (κ2) is 19.0. The predicted octanol–water partition coefficient (Wildman–Crippen LogP) is 5.79. The van der Waals surface area contributed by atoms with Gasteiger partial charge in [-0.15, -0.1) is 0 Å². The van der Waals surface area contributed by atoms with E-state index < -0.39 is 0 Å². The van der Waals surface area contributed by atoms with E-state index in [9.17, 15) is 0 Å². The molecule has 0 fully saturated rings. The second-order valence-electron chi connectivity index (χ2n) is 7.13. The molecule has 0 aromatic carbocycles. The highest BCUT2D eigenvalue weighted by Crippen LogP contribution is 2.13. The van der Waals surface area contributed by atoms with Crippen molar-refractivity contribution in [3.05, 3.63) is 0 Å². The van der Waals surface area contributed by atoms with Crippen molar-refractivity contribution < 1.29 is 0 Å². The Morgan fingerprint density at radius 2 is 1.00 bits per heavy atom. The van der Waals surface area contributed by atoms with Gasteiger partial charge in [-0.3, -0.25) is 0 Å². The Balaban J connectivity index is 2.94. The standard InChI is InChI=1S/C20H44N2/c1-3-4-5-6-7-8-9-10-11-12-13-14-15-16-17-18-22-19-20(2)21/h20,22H,3-19,21H2,1-2H3. The minimum Gasteiger partial charge on any atom is -0.327 e. The molecule has 0 amide bonds. The average molecular weight is 313 g/mol. The fraction of sp³-hybridized carbons (Fsp3) is 1.00. The first-order valence-corrected chi connectivity index (χ1v) is 10.2. The van der Waals surface area contributed by atoms with E-state index in [1.807, 2.05) is 0 Å². The first-order valence-electron chi connectivity index (χ1n) is 10.2. The first-order chi connectivity index (χ1) is 10.8. The number of hydrogen-bond acceptors (Lipinski definition) is 2. The van der Waals surface area contributed by atoms with Crippen molar-refractivity contribution in [2.75, 3.05) is 13.1 Å². The molecule has 0 aromatic heterocycles. The van der Waals surface area contributed by atoms with Crippen LogP contribution in [-0.4, -0.2) is 19.1 Å². The van der Waals surface area contributed by atoms with Crippen molar-refractivity contribution >= 4 is 0 Å². The molecule has 2 heteroatoms. The molecular weight excluding hydrogens is 268 g/mol. The molecule has 0 saturated heterocycles. The molecule has 0 bridgehead atoms. The molecule has 0 aliphatic rings. The van der Waals surface area contributed by atoms with Crippen LogP contribution in [0.15, 0.2) is 0 Å². The van der Waals surface area contributed by atoms with Crippen molar-refractivity contribution in [3.8, 4) is 0 Å². The fourth-order valence-electron chi connectivity index (χ4n) is 2.95. The molecule has 0 radical (unpaired) electrons. The maximum absolute atomic E-state index is 5.70. The van der Waals surface area contributed by atoms with Gasteiger partial charge in [0.15, 0.2) is 0 Å². The summed E-state index contributed by atoms with van der Waals surface area (Å²) in [5.74, 6) is 0. The molecule has 0 aliphatic carbocycles. The van der Waals surface area contributed by atoms with Crippen molar-refractivity contribution in [2.45, 2.75) is 116 Å². The quantitative estimate of drug-likeness (QED) is 0.314. The lowest BCUT2D eigenvalue weighted by Gasteiger charge is -2.07. The molecule has 0 heterocycles. The van der Waals surface area contributed by atoms with Gasteiger partial charge >= 0.3 is 0 Å². The molecular formula is C20H44N2. The van der Waals surface area contributed by atoms with Gasteiger partial charge in [0, 0.05) is 12.6 Å². The van der Waals surface area contributed by atoms with Crippen LogP contribution in [0.5, 0.6) is 0 Å². The predicted molar refractivity (Wildman–Crippen MR) is 101 cm³/mol. The number of hydrogen-bond donors (Lipinski definition) is 2. The van der Waals surface area contributed by atoms with Crippen molar-refractivity contribution in [2.24, 2.45) is 5.73 Å². The molecule has 0 aliphatic heterocycles. The van der Waals surface area contributed by atoms with E-state index >= 15 is 0 Å². The molecule has 0 spiro atoms. The van der Waals surface area contributed by atoms with Crippen LogP contribution in [0.4, 0.5) is 0 Å². The second-order valence-corrected chi connectivity index (χ2v) is 7.13. The van der Waals surface area contributed by atoms with Crippen LogP contribution >= 0.6 is 0 Å². The lowest BCUT2D eigenvalue weighted by atomic mass is 10.0. The first kappa shape index (κ1) is 21.9. The normalized spacial score (nSPS) is 12.7. The van der Waals surface area contributed by atoms with Gasteiger partial charge in [0.05, 0.1) is 0 Å². The highest BCUT2D eigenvalue weighted by atomic mass is 14.9. The van der Waals surface area contributed by atoms with Crippen LogP contribution in [0, 0.1) is 0 Å². The smallest absolute Gasteiger partial charge is 0.0136 e. The van der Waals surface area contributed by atoms with Gasteiger partial charge in [-0.2, -0.15) is 0 Å². The SMILES string of the molecule is CCCCCCCCCCCCCCCCCNCC(C)N. The summed E-state index contributed by atoms with van der Waals surface area (Å²) < 4.78 is 0. The van der Waals surface area contributed by atoms with E-state index in [1.54, 1.807) is 0 Å². The van der Waals surface area contributed by atoms with Gasteiger partial charge in [-0.05, 0) is 19.9 Å². The monoisotopic (exact) mass is 312 g/mol. The van der Waals surface area contributed by atoms with E-state index in [-0.39, 0.29) is 6.04 Å². The van der Waals surface area contributed by atoms with Crippen LogP contribution in [0.1, 0.15) is 110 Å². The van der Waals surface area contributed by atoms with E-state index in [1.165, 1.54) is 96.3 Å². The Kier molecular flexibility index (Phi) is 18.9. The summed E-state index contributed by atoms with van der Waals surface area (Å²) in [6.07, 6.45) is 21.5. The molecule has 134 valence electrons. The van der Waals surface area contributed by atoms with Crippen LogP contribution in [-0.2, 0) is 0 Å². The van der Waals surface area contributed by atoms with E-state index in [4.69, 9.17) is 5.73 Å². The van der Waals surface area contributed by atoms with Gasteiger partial charge in [0.2, 0.25) is 0 Å². The van der Waals surface area contributed by atoms with Crippen molar-refractivity contribution in [1.82, 2.24) is 5.32 Å². The summed E-state index contributed by atoms with van der Waals surface area (Å²) in [5, 5.41) is 3.41. The summed E-state index contributed by atoms with van der Waals surface area (Å²) in [6.45, 7) is 6.44.